The molecule has 0 aliphatic carbocycles. The Morgan fingerprint density at radius 2 is 2.50 bits per heavy atom. The predicted octanol–water partition coefficient (Wildman–Crippen LogP) is 0.481. The Bertz CT molecular complexity index is 280. The van der Waals surface area contributed by atoms with Gasteiger partial charge in [0, 0.05) is 0 Å². The number of oxazole rings is 1. The van der Waals surface area contributed by atoms with Crippen molar-refractivity contribution in [1.29, 1.82) is 0 Å². The van der Waals surface area contributed by atoms with E-state index in [1.165, 1.54) is 13.3 Å². The van der Waals surface area contributed by atoms with Gasteiger partial charge in [0.2, 0.25) is 11.7 Å². The number of methoxy groups -OCH3 is 1. The van der Waals surface area contributed by atoms with Crippen molar-refractivity contribution < 1.29 is 13.9 Å². The van der Waals surface area contributed by atoms with Crippen molar-refractivity contribution in [3.8, 4) is 0 Å². The lowest BCUT2D eigenvalue weighted by Gasteiger charge is -1.96. The van der Waals surface area contributed by atoms with Crippen molar-refractivity contribution in [1.82, 2.24) is 4.98 Å². The van der Waals surface area contributed by atoms with E-state index in [0.29, 0.717) is 5.89 Å². The van der Waals surface area contributed by atoms with Gasteiger partial charge in [-0.1, -0.05) is 0 Å². The highest BCUT2D eigenvalue weighted by Crippen LogP contribution is 2.10. The Hall–Kier alpha value is -1.36. The summed E-state index contributed by atoms with van der Waals surface area (Å²) in [6, 6.07) is -0.316. The van der Waals surface area contributed by atoms with Crippen LogP contribution < -0.4 is 5.73 Å². The van der Waals surface area contributed by atoms with E-state index in [-0.39, 0.29) is 11.8 Å². The van der Waals surface area contributed by atoms with Gasteiger partial charge in [-0.25, -0.2) is 9.78 Å². The van der Waals surface area contributed by atoms with Gasteiger partial charge in [0.15, 0.2) is 0 Å². The standard InChI is InChI=1S/C7H10N2O3/c1-4(8)6-9-3-5(12-6)7(10)11-2/h3-4H,8H2,1-2H3. The molecule has 12 heavy (non-hydrogen) atoms. The molecule has 2 N–H and O–H groups in total. The first-order valence-corrected chi connectivity index (χ1v) is 3.44. The molecule has 0 saturated heterocycles. The number of rotatable bonds is 2. The van der Waals surface area contributed by atoms with Crippen LogP contribution in [0.1, 0.15) is 29.4 Å². The Labute approximate surface area is 69.5 Å². The molecule has 0 amide bonds. The summed E-state index contributed by atoms with van der Waals surface area (Å²) in [4.78, 5) is 14.6. The average molecular weight is 170 g/mol. The van der Waals surface area contributed by atoms with E-state index in [1.54, 1.807) is 6.92 Å². The fourth-order valence-corrected chi connectivity index (χ4v) is 0.693. The van der Waals surface area contributed by atoms with E-state index in [9.17, 15) is 4.79 Å². The summed E-state index contributed by atoms with van der Waals surface area (Å²) in [5.74, 6) is -0.144. The third kappa shape index (κ3) is 1.62. The topological polar surface area (TPSA) is 78.3 Å². The van der Waals surface area contributed by atoms with Crippen LogP contribution in [0.2, 0.25) is 0 Å². The molecular weight excluding hydrogens is 160 g/mol. The van der Waals surface area contributed by atoms with Gasteiger partial charge in [0.1, 0.15) is 0 Å². The first kappa shape index (κ1) is 8.73. The van der Waals surface area contributed by atoms with Crippen LogP contribution >= 0.6 is 0 Å². The molecule has 1 rings (SSSR count). The minimum absolute atomic E-state index is 0.0739. The maximum atomic E-state index is 10.9. The number of hydrogen-bond acceptors (Lipinski definition) is 5. The number of carbonyl (C=O) groups is 1. The lowest BCUT2D eigenvalue weighted by atomic mass is 10.4. The number of nitrogens with zero attached hydrogens (tertiary/aromatic N) is 1. The summed E-state index contributed by atoms with van der Waals surface area (Å²) in [6.45, 7) is 1.72. The highest BCUT2D eigenvalue weighted by atomic mass is 16.5. The van der Waals surface area contributed by atoms with E-state index < -0.39 is 5.97 Å². The summed E-state index contributed by atoms with van der Waals surface area (Å²) in [7, 11) is 1.27. The molecule has 1 aromatic heterocycles. The van der Waals surface area contributed by atoms with Gasteiger partial charge in [0.25, 0.3) is 0 Å². The largest absolute Gasteiger partial charge is 0.463 e. The lowest BCUT2D eigenvalue weighted by Crippen LogP contribution is -2.05. The zero-order valence-corrected chi connectivity index (χ0v) is 6.90. The van der Waals surface area contributed by atoms with Crippen molar-refractivity contribution in [3.63, 3.8) is 0 Å². The van der Waals surface area contributed by atoms with Crippen LogP contribution in [0.3, 0.4) is 0 Å². The molecule has 0 spiro atoms. The lowest BCUT2D eigenvalue weighted by molar-refractivity contribution is 0.0562. The zero-order chi connectivity index (χ0) is 9.14. The summed E-state index contributed by atoms with van der Waals surface area (Å²) in [5, 5.41) is 0. The molecule has 0 radical (unpaired) electrons. The Kier molecular flexibility index (Phi) is 2.44. The summed E-state index contributed by atoms with van der Waals surface area (Å²) in [6.07, 6.45) is 1.30. The van der Waals surface area contributed by atoms with Crippen molar-refractivity contribution in [2.24, 2.45) is 5.73 Å². The molecule has 66 valence electrons. The van der Waals surface area contributed by atoms with Gasteiger partial charge in [-0.05, 0) is 6.92 Å². The van der Waals surface area contributed by atoms with Gasteiger partial charge < -0.3 is 14.9 Å². The van der Waals surface area contributed by atoms with Gasteiger partial charge in [-0.2, -0.15) is 0 Å². The monoisotopic (exact) mass is 170 g/mol. The average Bonchev–Trinajstić information content (AvgIpc) is 2.51. The third-order valence-corrected chi connectivity index (χ3v) is 1.30. The van der Waals surface area contributed by atoms with Crippen LogP contribution in [-0.4, -0.2) is 18.1 Å². The summed E-state index contributed by atoms with van der Waals surface area (Å²) < 4.78 is 9.40. The first-order valence-electron chi connectivity index (χ1n) is 3.44. The fraction of sp³-hybridized carbons (Fsp3) is 0.429. The van der Waals surface area contributed by atoms with Crippen LogP contribution in [0, 0.1) is 0 Å². The van der Waals surface area contributed by atoms with Crippen LogP contribution in [0.4, 0.5) is 0 Å². The SMILES string of the molecule is COC(=O)c1cnc(C(C)N)o1. The second-order valence-electron chi connectivity index (χ2n) is 2.34. The quantitative estimate of drug-likeness (QED) is 0.653. The molecular formula is C7H10N2O3. The number of esters is 1. The normalized spacial score (nSPS) is 12.6. The predicted molar refractivity (Wildman–Crippen MR) is 40.4 cm³/mol. The van der Waals surface area contributed by atoms with E-state index >= 15 is 0 Å². The third-order valence-electron chi connectivity index (χ3n) is 1.30. The van der Waals surface area contributed by atoms with Crippen molar-refractivity contribution >= 4 is 5.97 Å². The van der Waals surface area contributed by atoms with E-state index in [2.05, 4.69) is 9.72 Å². The number of ether oxygens (including phenoxy) is 1. The maximum absolute atomic E-state index is 10.9. The number of hydrogen-bond donors (Lipinski definition) is 1. The highest BCUT2D eigenvalue weighted by Gasteiger charge is 2.13. The second kappa shape index (κ2) is 3.36. The van der Waals surface area contributed by atoms with Gasteiger partial charge in [0.05, 0.1) is 19.3 Å². The van der Waals surface area contributed by atoms with Crippen LogP contribution in [0.5, 0.6) is 0 Å². The second-order valence-corrected chi connectivity index (χ2v) is 2.34. The van der Waals surface area contributed by atoms with E-state index in [0.717, 1.165) is 0 Å². The molecule has 0 aromatic carbocycles. The molecule has 5 heteroatoms. The number of carbonyl (C=O) groups excluding carboxylic acids is 1. The summed E-state index contributed by atoms with van der Waals surface area (Å²) in [5.41, 5.74) is 5.46. The molecule has 1 unspecified atom stereocenters. The molecule has 1 atom stereocenters. The molecule has 0 bridgehead atoms. The Morgan fingerprint density at radius 3 is 2.92 bits per heavy atom. The van der Waals surface area contributed by atoms with Crippen LogP contribution in [-0.2, 0) is 4.74 Å². The van der Waals surface area contributed by atoms with Crippen LogP contribution in [0.25, 0.3) is 0 Å². The van der Waals surface area contributed by atoms with E-state index in [4.69, 9.17) is 10.2 Å². The molecule has 1 heterocycles. The smallest absolute Gasteiger partial charge is 0.375 e. The van der Waals surface area contributed by atoms with Crippen molar-refractivity contribution in [3.05, 3.63) is 17.8 Å². The molecule has 1 aromatic rings. The van der Waals surface area contributed by atoms with Crippen molar-refractivity contribution in [2.45, 2.75) is 13.0 Å². The Morgan fingerprint density at radius 1 is 1.83 bits per heavy atom. The minimum Gasteiger partial charge on any atom is -0.463 e. The molecule has 0 aliphatic rings. The van der Waals surface area contributed by atoms with Gasteiger partial charge in [-0.3, -0.25) is 0 Å². The summed E-state index contributed by atoms with van der Waals surface area (Å²) >= 11 is 0. The maximum Gasteiger partial charge on any atom is 0.375 e. The molecule has 5 nitrogen and oxygen atoms in total. The first-order chi connectivity index (χ1) is 5.65. The van der Waals surface area contributed by atoms with Crippen molar-refractivity contribution in [2.75, 3.05) is 7.11 Å². The minimum atomic E-state index is -0.547. The zero-order valence-electron chi connectivity index (χ0n) is 6.90. The van der Waals surface area contributed by atoms with Gasteiger partial charge >= 0.3 is 5.97 Å². The molecule has 0 fully saturated rings. The van der Waals surface area contributed by atoms with Gasteiger partial charge in [-0.15, -0.1) is 0 Å². The molecule has 0 saturated carbocycles. The Balaban J connectivity index is 2.84. The van der Waals surface area contributed by atoms with E-state index in [1.807, 2.05) is 0 Å². The number of aromatic nitrogens is 1. The highest BCUT2D eigenvalue weighted by molar-refractivity contribution is 5.85. The molecule has 0 aliphatic heterocycles. The van der Waals surface area contributed by atoms with Crippen LogP contribution in [0.15, 0.2) is 10.6 Å². The fourth-order valence-electron chi connectivity index (χ4n) is 0.693. The number of nitrogens with two attached hydrogens (primary N) is 1.